The first-order valence-electron chi connectivity index (χ1n) is 6.22. The Morgan fingerprint density at radius 1 is 1.47 bits per heavy atom. The predicted octanol–water partition coefficient (Wildman–Crippen LogP) is 3.22. The van der Waals surface area contributed by atoms with E-state index in [0.29, 0.717) is 4.47 Å². The third-order valence-electron chi connectivity index (χ3n) is 3.07. The lowest BCUT2D eigenvalue weighted by Crippen LogP contribution is -2.21. The van der Waals surface area contributed by atoms with Gasteiger partial charge in [-0.25, -0.2) is 4.39 Å². The number of aryl methyl sites for hydroxylation is 1. The van der Waals surface area contributed by atoms with Gasteiger partial charge < -0.3 is 5.32 Å². The molecule has 102 valence electrons. The van der Waals surface area contributed by atoms with Gasteiger partial charge in [0, 0.05) is 19.3 Å². The van der Waals surface area contributed by atoms with Gasteiger partial charge in [0.2, 0.25) is 0 Å². The summed E-state index contributed by atoms with van der Waals surface area (Å²) in [5.41, 5.74) is 2.28. The Morgan fingerprint density at radius 3 is 2.89 bits per heavy atom. The van der Waals surface area contributed by atoms with Gasteiger partial charge in [-0.05, 0) is 59.1 Å². The van der Waals surface area contributed by atoms with Crippen molar-refractivity contribution in [2.75, 3.05) is 6.54 Å². The van der Waals surface area contributed by atoms with Crippen LogP contribution in [0.4, 0.5) is 4.39 Å². The monoisotopic (exact) mass is 325 g/mol. The maximum atomic E-state index is 13.2. The van der Waals surface area contributed by atoms with Crippen molar-refractivity contribution in [3.63, 3.8) is 0 Å². The van der Waals surface area contributed by atoms with Gasteiger partial charge in [-0.1, -0.05) is 6.07 Å². The molecule has 5 heteroatoms. The Kier molecular flexibility index (Phi) is 4.71. The highest BCUT2D eigenvalue weighted by atomic mass is 79.9. The average Bonchev–Trinajstić information content (AvgIpc) is 2.78. The van der Waals surface area contributed by atoms with E-state index in [1.54, 1.807) is 4.68 Å². The van der Waals surface area contributed by atoms with Crippen LogP contribution in [0.25, 0.3) is 0 Å². The summed E-state index contributed by atoms with van der Waals surface area (Å²) in [7, 11) is 1.91. The number of hydrogen-bond donors (Lipinski definition) is 1. The molecule has 0 spiro atoms. The molecule has 0 saturated carbocycles. The first-order chi connectivity index (χ1) is 9.06. The van der Waals surface area contributed by atoms with Crippen molar-refractivity contribution in [1.82, 2.24) is 15.1 Å². The highest BCUT2D eigenvalue weighted by Crippen LogP contribution is 2.21. The van der Waals surface area contributed by atoms with Gasteiger partial charge in [0.1, 0.15) is 5.82 Å². The van der Waals surface area contributed by atoms with E-state index < -0.39 is 0 Å². The van der Waals surface area contributed by atoms with Crippen molar-refractivity contribution in [3.05, 3.63) is 52.0 Å². The Balaban J connectivity index is 1.86. The molecule has 0 amide bonds. The van der Waals surface area contributed by atoms with Crippen LogP contribution in [-0.2, 0) is 13.5 Å². The summed E-state index contributed by atoms with van der Waals surface area (Å²) in [6.45, 7) is 2.94. The Labute approximate surface area is 121 Å². The van der Waals surface area contributed by atoms with Crippen LogP contribution in [0.1, 0.15) is 24.1 Å². The minimum atomic E-state index is -0.230. The normalized spacial score (nSPS) is 12.6. The summed E-state index contributed by atoms with van der Waals surface area (Å²) < 4.78 is 15.5. The Hall–Kier alpha value is -1.20. The standard InChI is InChI=1S/C14H17BrFN3/c1-10(12-3-4-14(16)13(15)7-12)17-6-5-11-8-18-19(2)9-11/h3-4,7-10,17H,5-6H2,1-2H3. The van der Waals surface area contributed by atoms with E-state index >= 15 is 0 Å². The molecule has 1 atom stereocenters. The van der Waals surface area contributed by atoms with Gasteiger partial charge in [0.05, 0.1) is 10.7 Å². The van der Waals surface area contributed by atoms with Gasteiger partial charge in [0.25, 0.3) is 0 Å². The molecule has 2 rings (SSSR count). The molecule has 1 aromatic heterocycles. The van der Waals surface area contributed by atoms with Gasteiger partial charge in [0.15, 0.2) is 0 Å². The molecular weight excluding hydrogens is 309 g/mol. The SMILES string of the molecule is CC(NCCc1cnn(C)c1)c1ccc(F)c(Br)c1. The second-order valence-corrected chi connectivity index (χ2v) is 5.48. The van der Waals surface area contributed by atoms with E-state index in [9.17, 15) is 4.39 Å². The average molecular weight is 326 g/mol. The summed E-state index contributed by atoms with van der Waals surface area (Å²) in [5, 5.41) is 7.56. The fourth-order valence-electron chi connectivity index (χ4n) is 1.93. The molecule has 1 aromatic carbocycles. The fraction of sp³-hybridized carbons (Fsp3) is 0.357. The molecule has 0 aliphatic carbocycles. The van der Waals surface area contributed by atoms with E-state index in [1.165, 1.54) is 11.6 Å². The first-order valence-corrected chi connectivity index (χ1v) is 7.01. The number of aromatic nitrogens is 2. The summed E-state index contributed by atoms with van der Waals surface area (Å²) in [4.78, 5) is 0. The highest BCUT2D eigenvalue weighted by Gasteiger charge is 2.07. The minimum Gasteiger partial charge on any atom is -0.310 e. The lowest BCUT2D eigenvalue weighted by atomic mass is 10.1. The third-order valence-corrected chi connectivity index (χ3v) is 3.67. The van der Waals surface area contributed by atoms with E-state index in [2.05, 4.69) is 33.3 Å². The maximum Gasteiger partial charge on any atom is 0.137 e. The topological polar surface area (TPSA) is 29.9 Å². The zero-order chi connectivity index (χ0) is 13.8. The summed E-state index contributed by atoms with van der Waals surface area (Å²) in [5.74, 6) is -0.230. The number of rotatable bonds is 5. The number of nitrogens with one attached hydrogen (secondary N) is 1. The van der Waals surface area contributed by atoms with Crippen LogP contribution in [0.2, 0.25) is 0 Å². The Bertz CT molecular complexity index is 553. The van der Waals surface area contributed by atoms with Gasteiger partial charge in [-0.15, -0.1) is 0 Å². The molecule has 1 unspecified atom stereocenters. The van der Waals surface area contributed by atoms with Crippen molar-refractivity contribution < 1.29 is 4.39 Å². The van der Waals surface area contributed by atoms with E-state index in [1.807, 2.05) is 31.6 Å². The molecule has 0 aliphatic rings. The molecule has 0 saturated heterocycles. The first kappa shape index (κ1) is 14.2. The molecule has 0 aliphatic heterocycles. The quantitative estimate of drug-likeness (QED) is 0.914. The second kappa shape index (κ2) is 6.30. The van der Waals surface area contributed by atoms with Crippen LogP contribution in [0.3, 0.4) is 0 Å². The van der Waals surface area contributed by atoms with Crippen LogP contribution in [0.15, 0.2) is 35.1 Å². The third kappa shape index (κ3) is 3.88. The molecule has 3 nitrogen and oxygen atoms in total. The van der Waals surface area contributed by atoms with Crippen molar-refractivity contribution in [1.29, 1.82) is 0 Å². The molecule has 2 aromatic rings. The van der Waals surface area contributed by atoms with Gasteiger partial charge in [-0.2, -0.15) is 5.10 Å². The number of halogens is 2. The molecular formula is C14H17BrFN3. The second-order valence-electron chi connectivity index (χ2n) is 4.62. The lowest BCUT2D eigenvalue weighted by molar-refractivity contribution is 0.572. The summed E-state index contributed by atoms with van der Waals surface area (Å²) in [6.07, 6.45) is 4.82. The lowest BCUT2D eigenvalue weighted by Gasteiger charge is -2.14. The molecule has 1 heterocycles. The van der Waals surface area contributed by atoms with Crippen molar-refractivity contribution in [2.45, 2.75) is 19.4 Å². The molecule has 19 heavy (non-hydrogen) atoms. The van der Waals surface area contributed by atoms with Crippen LogP contribution < -0.4 is 5.32 Å². The predicted molar refractivity (Wildman–Crippen MR) is 77.4 cm³/mol. The Morgan fingerprint density at radius 2 is 2.26 bits per heavy atom. The smallest absolute Gasteiger partial charge is 0.137 e. The van der Waals surface area contributed by atoms with Crippen LogP contribution in [0.5, 0.6) is 0 Å². The van der Waals surface area contributed by atoms with E-state index in [0.717, 1.165) is 18.5 Å². The molecule has 1 N–H and O–H groups in total. The maximum absolute atomic E-state index is 13.2. The van der Waals surface area contributed by atoms with Crippen molar-refractivity contribution >= 4 is 15.9 Å². The number of nitrogens with zero attached hydrogens (tertiary/aromatic N) is 2. The van der Waals surface area contributed by atoms with E-state index in [4.69, 9.17) is 0 Å². The van der Waals surface area contributed by atoms with Crippen LogP contribution in [0, 0.1) is 5.82 Å². The van der Waals surface area contributed by atoms with Crippen LogP contribution in [-0.4, -0.2) is 16.3 Å². The summed E-state index contributed by atoms with van der Waals surface area (Å²) >= 11 is 3.21. The minimum absolute atomic E-state index is 0.188. The number of benzene rings is 1. The number of hydrogen-bond acceptors (Lipinski definition) is 2. The summed E-state index contributed by atoms with van der Waals surface area (Å²) in [6, 6.07) is 5.30. The molecule has 0 bridgehead atoms. The molecule has 0 fully saturated rings. The molecule has 0 radical (unpaired) electrons. The largest absolute Gasteiger partial charge is 0.310 e. The van der Waals surface area contributed by atoms with Crippen LogP contribution >= 0.6 is 15.9 Å². The highest BCUT2D eigenvalue weighted by molar-refractivity contribution is 9.10. The zero-order valence-electron chi connectivity index (χ0n) is 11.0. The van der Waals surface area contributed by atoms with Crippen molar-refractivity contribution in [3.8, 4) is 0 Å². The fourth-order valence-corrected chi connectivity index (χ4v) is 2.33. The zero-order valence-corrected chi connectivity index (χ0v) is 12.6. The van der Waals surface area contributed by atoms with Crippen molar-refractivity contribution in [2.24, 2.45) is 7.05 Å². The van der Waals surface area contributed by atoms with Gasteiger partial charge >= 0.3 is 0 Å². The van der Waals surface area contributed by atoms with E-state index in [-0.39, 0.29) is 11.9 Å². The van der Waals surface area contributed by atoms with Gasteiger partial charge in [-0.3, -0.25) is 4.68 Å².